The van der Waals surface area contributed by atoms with Gasteiger partial charge in [0.2, 0.25) is 10.0 Å². The highest BCUT2D eigenvalue weighted by Gasteiger charge is 2.10. The minimum absolute atomic E-state index is 0.0245. The molecule has 0 aliphatic carbocycles. The van der Waals surface area contributed by atoms with Gasteiger partial charge in [0, 0.05) is 22.9 Å². The second kappa shape index (κ2) is 7.49. The number of anilines is 1. The van der Waals surface area contributed by atoms with Gasteiger partial charge in [-0.1, -0.05) is 30.3 Å². The summed E-state index contributed by atoms with van der Waals surface area (Å²) in [4.78, 5) is 1.13. The van der Waals surface area contributed by atoms with Crippen LogP contribution >= 0.6 is 11.8 Å². The Morgan fingerprint density at radius 2 is 1.67 bits per heavy atom. The molecule has 0 saturated carbocycles. The SMILES string of the molecule is Nc1ccc(CS(=O)(=O)NCCSc2ccccc2)cc1. The van der Waals surface area contributed by atoms with Gasteiger partial charge in [0.25, 0.3) is 0 Å². The molecule has 0 unspecified atom stereocenters. The molecule has 4 nitrogen and oxygen atoms in total. The van der Waals surface area contributed by atoms with E-state index in [9.17, 15) is 8.42 Å². The molecule has 0 bridgehead atoms. The van der Waals surface area contributed by atoms with Crippen LogP contribution in [0.25, 0.3) is 0 Å². The van der Waals surface area contributed by atoms with E-state index >= 15 is 0 Å². The Kier molecular flexibility index (Phi) is 5.67. The van der Waals surface area contributed by atoms with Crippen LogP contribution in [0.1, 0.15) is 5.56 Å². The van der Waals surface area contributed by atoms with Gasteiger partial charge in [-0.15, -0.1) is 11.8 Å². The van der Waals surface area contributed by atoms with Crippen LogP contribution < -0.4 is 10.5 Å². The predicted octanol–water partition coefficient (Wildman–Crippen LogP) is 2.48. The maximum Gasteiger partial charge on any atom is 0.215 e. The second-order valence-corrected chi connectivity index (χ2v) is 7.53. The Balaban J connectivity index is 1.77. The van der Waals surface area contributed by atoms with Crippen molar-refractivity contribution in [3.8, 4) is 0 Å². The lowest BCUT2D eigenvalue weighted by molar-refractivity contribution is 0.583. The van der Waals surface area contributed by atoms with Gasteiger partial charge >= 0.3 is 0 Å². The standard InChI is InChI=1S/C15H18N2O2S2/c16-14-8-6-13(7-9-14)12-21(18,19)17-10-11-20-15-4-2-1-3-5-15/h1-9,17H,10-12,16H2. The first-order valence-electron chi connectivity index (χ1n) is 6.55. The molecule has 2 aromatic rings. The van der Waals surface area contributed by atoms with Crippen molar-refractivity contribution in [2.24, 2.45) is 0 Å². The summed E-state index contributed by atoms with van der Waals surface area (Å²) in [5.74, 6) is 0.675. The first-order chi connectivity index (χ1) is 10.1. The van der Waals surface area contributed by atoms with Gasteiger partial charge in [-0.05, 0) is 29.8 Å². The summed E-state index contributed by atoms with van der Waals surface area (Å²) in [7, 11) is -3.31. The van der Waals surface area contributed by atoms with Gasteiger partial charge in [0.05, 0.1) is 5.75 Å². The summed E-state index contributed by atoms with van der Waals surface area (Å²) >= 11 is 1.63. The summed E-state index contributed by atoms with van der Waals surface area (Å²) in [6, 6.07) is 16.8. The molecular formula is C15H18N2O2S2. The summed E-state index contributed by atoms with van der Waals surface area (Å²) in [6.07, 6.45) is 0. The molecule has 0 aliphatic rings. The van der Waals surface area contributed by atoms with Crippen LogP contribution in [0.3, 0.4) is 0 Å². The highest BCUT2D eigenvalue weighted by molar-refractivity contribution is 7.99. The quantitative estimate of drug-likeness (QED) is 0.467. The highest BCUT2D eigenvalue weighted by atomic mass is 32.2. The van der Waals surface area contributed by atoms with E-state index in [1.54, 1.807) is 36.0 Å². The Morgan fingerprint density at radius 1 is 1.00 bits per heavy atom. The van der Waals surface area contributed by atoms with Crippen molar-refractivity contribution in [1.29, 1.82) is 0 Å². The molecule has 21 heavy (non-hydrogen) atoms. The molecule has 0 atom stereocenters. The third-order valence-electron chi connectivity index (χ3n) is 2.77. The topological polar surface area (TPSA) is 72.2 Å². The number of hydrogen-bond acceptors (Lipinski definition) is 4. The number of nitrogens with two attached hydrogens (primary N) is 1. The number of nitrogens with one attached hydrogen (secondary N) is 1. The molecule has 2 rings (SSSR count). The Morgan fingerprint density at radius 3 is 2.33 bits per heavy atom. The minimum Gasteiger partial charge on any atom is -0.399 e. The largest absolute Gasteiger partial charge is 0.399 e. The van der Waals surface area contributed by atoms with E-state index < -0.39 is 10.0 Å². The average molecular weight is 322 g/mol. The molecule has 112 valence electrons. The lowest BCUT2D eigenvalue weighted by Gasteiger charge is -2.07. The molecule has 0 saturated heterocycles. The fourth-order valence-electron chi connectivity index (χ4n) is 1.77. The van der Waals surface area contributed by atoms with Crippen LogP contribution in [0.2, 0.25) is 0 Å². The fourth-order valence-corrected chi connectivity index (χ4v) is 3.83. The van der Waals surface area contributed by atoms with Gasteiger partial charge in [0.15, 0.2) is 0 Å². The Hall–Kier alpha value is -1.50. The molecule has 0 amide bonds. The van der Waals surface area contributed by atoms with Crippen LogP contribution in [0.15, 0.2) is 59.5 Å². The monoisotopic (exact) mass is 322 g/mol. The van der Waals surface area contributed by atoms with Crippen molar-refractivity contribution in [3.63, 3.8) is 0 Å². The van der Waals surface area contributed by atoms with Crippen LogP contribution in [0.4, 0.5) is 5.69 Å². The van der Waals surface area contributed by atoms with Crippen molar-refractivity contribution >= 4 is 27.5 Å². The van der Waals surface area contributed by atoms with Crippen LogP contribution in [0.5, 0.6) is 0 Å². The number of nitrogen functional groups attached to an aromatic ring is 1. The maximum absolute atomic E-state index is 11.9. The third-order valence-corrected chi connectivity index (χ3v) is 5.14. The molecule has 0 aromatic heterocycles. The molecule has 0 aliphatic heterocycles. The molecule has 2 aromatic carbocycles. The Labute approximate surface area is 129 Å². The lowest BCUT2D eigenvalue weighted by Crippen LogP contribution is -2.27. The van der Waals surface area contributed by atoms with Crippen LogP contribution in [0, 0.1) is 0 Å². The van der Waals surface area contributed by atoms with E-state index in [-0.39, 0.29) is 5.75 Å². The number of benzene rings is 2. The van der Waals surface area contributed by atoms with E-state index in [4.69, 9.17) is 5.73 Å². The molecule has 0 spiro atoms. The smallest absolute Gasteiger partial charge is 0.215 e. The van der Waals surface area contributed by atoms with Gasteiger partial charge in [-0.2, -0.15) is 0 Å². The van der Waals surface area contributed by atoms with Crippen molar-refractivity contribution in [2.45, 2.75) is 10.6 Å². The zero-order valence-corrected chi connectivity index (χ0v) is 13.2. The van der Waals surface area contributed by atoms with E-state index in [1.807, 2.05) is 30.3 Å². The second-order valence-electron chi connectivity index (χ2n) is 4.56. The van der Waals surface area contributed by atoms with Crippen molar-refractivity contribution in [2.75, 3.05) is 18.0 Å². The summed E-state index contributed by atoms with van der Waals surface area (Å²) in [5, 5.41) is 0. The zero-order valence-electron chi connectivity index (χ0n) is 11.5. The van der Waals surface area contributed by atoms with Gasteiger partial charge in [-0.25, -0.2) is 13.1 Å². The first kappa shape index (κ1) is 15.9. The fraction of sp³-hybridized carbons (Fsp3) is 0.200. The normalized spacial score (nSPS) is 11.4. The molecule has 3 N–H and O–H groups in total. The van der Waals surface area contributed by atoms with E-state index in [0.29, 0.717) is 18.0 Å². The zero-order chi connectivity index (χ0) is 15.1. The summed E-state index contributed by atoms with van der Waals surface area (Å²) < 4.78 is 26.5. The van der Waals surface area contributed by atoms with Gasteiger partial charge in [0.1, 0.15) is 0 Å². The summed E-state index contributed by atoms with van der Waals surface area (Å²) in [6.45, 7) is 0.414. The Bertz CT molecular complexity index is 656. The maximum atomic E-state index is 11.9. The summed E-state index contributed by atoms with van der Waals surface area (Å²) in [5.41, 5.74) is 6.93. The van der Waals surface area contributed by atoms with E-state index in [1.165, 1.54) is 0 Å². The van der Waals surface area contributed by atoms with Crippen molar-refractivity contribution in [3.05, 3.63) is 60.2 Å². The van der Waals surface area contributed by atoms with Crippen LogP contribution in [-0.2, 0) is 15.8 Å². The molecule has 0 heterocycles. The molecular weight excluding hydrogens is 304 g/mol. The van der Waals surface area contributed by atoms with Crippen molar-refractivity contribution in [1.82, 2.24) is 4.72 Å². The van der Waals surface area contributed by atoms with Gasteiger partial charge < -0.3 is 5.73 Å². The van der Waals surface area contributed by atoms with Gasteiger partial charge in [-0.3, -0.25) is 0 Å². The first-order valence-corrected chi connectivity index (χ1v) is 9.18. The lowest BCUT2D eigenvalue weighted by atomic mass is 10.2. The van der Waals surface area contributed by atoms with E-state index in [2.05, 4.69) is 4.72 Å². The predicted molar refractivity (Wildman–Crippen MR) is 88.6 cm³/mol. The number of hydrogen-bond donors (Lipinski definition) is 2. The number of rotatable bonds is 7. The molecule has 6 heteroatoms. The minimum atomic E-state index is -3.31. The molecule has 0 fully saturated rings. The van der Waals surface area contributed by atoms with Crippen molar-refractivity contribution < 1.29 is 8.42 Å². The molecule has 0 radical (unpaired) electrons. The highest BCUT2D eigenvalue weighted by Crippen LogP contribution is 2.16. The third kappa shape index (κ3) is 5.79. The number of sulfonamides is 1. The van der Waals surface area contributed by atoms with Crippen LogP contribution in [-0.4, -0.2) is 20.7 Å². The average Bonchev–Trinajstić information content (AvgIpc) is 2.47. The number of thioether (sulfide) groups is 1. The van der Waals surface area contributed by atoms with E-state index in [0.717, 1.165) is 10.5 Å².